The Balaban J connectivity index is 4.04. The Morgan fingerprint density at radius 2 is 0.520 bits per heavy atom. The summed E-state index contributed by atoms with van der Waals surface area (Å²) >= 11 is 0. The van der Waals surface area contributed by atoms with Crippen molar-refractivity contribution in [1.82, 2.24) is 0 Å². The van der Waals surface area contributed by atoms with Crippen LogP contribution in [-0.2, 0) is 28.6 Å². The third-order valence-electron chi connectivity index (χ3n) is 14.5. The summed E-state index contributed by atoms with van der Waals surface area (Å²) in [4.78, 5) is 38.1. The van der Waals surface area contributed by atoms with Crippen LogP contribution in [0.25, 0.3) is 0 Å². The third kappa shape index (κ3) is 61.8. The van der Waals surface area contributed by atoms with Gasteiger partial charge in [0.1, 0.15) is 13.2 Å². The van der Waals surface area contributed by atoms with Gasteiger partial charge in [0.25, 0.3) is 0 Å². The molecule has 6 heteroatoms. The zero-order valence-electron chi connectivity index (χ0n) is 50.1. The molecule has 0 spiro atoms. The number of esters is 3. The molecule has 1 atom stereocenters. The van der Waals surface area contributed by atoms with Crippen molar-refractivity contribution in [2.75, 3.05) is 13.2 Å². The lowest BCUT2D eigenvalue weighted by Crippen LogP contribution is -2.30. The maximum atomic E-state index is 12.8. The molecule has 0 radical (unpaired) electrons. The highest BCUT2D eigenvalue weighted by molar-refractivity contribution is 5.71. The van der Waals surface area contributed by atoms with Crippen LogP contribution in [0.5, 0.6) is 0 Å². The van der Waals surface area contributed by atoms with Crippen molar-refractivity contribution in [3.8, 4) is 0 Å². The first-order chi connectivity index (χ1) is 37.0. The number of hydrogen-bond acceptors (Lipinski definition) is 6. The van der Waals surface area contributed by atoms with E-state index < -0.39 is 6.10 Å². The molecule has 0 N–H and O–H groups in total. The monoisotopic (exact) mass is 1050 g/mol. The van der Waals surface area contributed by atoms with E-state index >= 15 is 0 Å². The number of carbonyl (C=O) groups is 3. The summed E-state index contributed by atoms with van der Waals surface area (Å²) in [5.41, 5.74) is 0. The second-order valence-electron chi connectivity index (χ2n) is 22.0. The van der Waals surface area contributed by atoms with Crippen LogP contribution in [0.2, 0.25) is 0 Å². The highest BCUT2D eigenvalue weighted by Gasteiger charge is 2.19. The van der Waals surface area contributed by atoms with Gasteiger partial charge in [0.2, 0.25) is 0 Å². The molecule has 0 aromatic heterocycles. The Morgan fingerprint density at radius 1 is 0.280 bits per heavy atom. The summed E-state index contributed by atoms with van der Waals surface area (Å²) in [5, 5.41) is 0. The fourth-order valence-electron chi connectivity index (χ4n) is 9.65. The molecule has 0 aliphatic rings. The predicted octanol–water partition coefficient (Wildman–Crippen LogP) is 22.3. The minimum absolute atomic E-state index is 0.0670. The van der Waals surface area contributed by atoms with Gasteiger partial charge in [0, 0.05) is 19.3 Å². The van der Waals surface area contributed by atoms with Crippen molar-refractivity contribution in [2.45, 2.75) is 348 Å². The van der Waals surface area contributed by atoms with E-state index in [0.717, 1.165) is 89.9 Å². The zero-order chi connectivity index (χ0) is 54.3. The average molecular weight is 1050 g/mol. The number of hydrogen-bond donors (Lipinski definition) is 0. The highest BCUT2D eigenvalue weighted by Crippen LogP contribution is 2.18. The topological polar surface area (TPSA) is 78.9 Å². The molecule has 0 amide bonds. The first-order valence-electron chi connectivity index (χ1n) is 32.8. The van der Waals surface area contributed by atoms with Crippen molar-refractivity contribution in [2.24, 2.45) is 0 Å². The van der Waals surface area contributed by atoms with E-state index in [0.29, 0.717) is 19.3 Å². The van der Waals surface area contributed by atoms with Crippen molar-refractivity contribution in [3.05, 3.63) is 60.8 Å². The van der Waals surface area contributed by atoms with Crippen LogP contribution in [-0.4, -0.2) is 37.2 Å². The van der Waals surface area contributed by atoms with Gasteiger partial charge in [-0.2, -0.15) is 0 Å². The van der Waals surface area contributed by atoms with Crippen molar-refractivity contribution < 1.29 is 28.6 Å². The van der Waals surface area contributed by atoms with Gasteiger partial charge in [-0.15, -0.1) is 0 Å². The summed E-state index contributed by atoms with van der Waals surface area (Å²) in [6.07, 6.45) is 81.1. The van der Waals surface area contributed by atoms with E-state index in [1.165, 1.54) is 212 Å². The molecule has 0 aliphatic heterocycles. The number of rotatable bonds is 60. The Hall–Kier alpha value is -2.89. The number of carbonyl (C=O) groups excluding carboxylic acids is 3. The van der Waals surface area contributed by atoms with Crippen molar-refractivity contribution >= 4 is 17.9 Å². The molecule has 0 rings (SSSR count). The molecule has 1 unspecified atom stereocenters. The van der Waals surface area contributed by atoms with E-state index in [4.69, 9.17) is 14.2 Å². The molecule has 0 aromatic rings. The Morgan fingerprint density at radius 3 is 0.813 bits per heavy atom. The maximum absolute atomic E-state index is 12.8. The van der Waals surface area contributed by atoms with Gasteiger partial charge in [0.15, 0.2) is 6.10 Å². The summed E-state index contributed by atoms with van der Waals surface area (Å²) in [6.45, 7) is 6.55. The van der Waals surface area contributed by atoms with Gasteiger partial charge in [-0.1, -0.05) is 319 Å². The van der Waals surface area contributed by atoms with Gasteiger partial charge >= 0.3 is 17.9 Å². The fourth-order valence-corrected chi connectivity index (χ4v) is 9.65. The second kappa shape index (κ2) is 63.6. The number of unbranched alkanes of at least 4 members (excludes halogenated alkanes) is 39. The smallest absolute Gasteiger partial charge is 0.306 e. The van der Waals surface area contributed by atoms with Crippen LogP contribution in [0.15, 0.2) is 60.8 Å². The van der Waals surface area contributed by atoms with Gasteiger partial charge in [-0.05, 0) is 64.2 Å². The standard InChI is InChI=1S/C69H124O6/c1-4-7-10-13-16-19-21-23-25-26-27-28-29-30-31-32-33-34-35-36-37-38-39-40-41-42-44-45-47-50-53-56-59-62-68(71)74-65-66(64-73-67(70)61-58-55-52-49-18-15-12-9-6-3)75-69(72)63-60-57-54-51-48-46-43-24-22-20-17-14-11-8-5-2/h7,10,16,19,23,25,27-28,30-31,66H,4-6,8-9,11-15,17-18,20-22,24,26,29,32-65H2,1-3H3/b10-7-,19-16-,25-23-,28-27-,31-30-. The van der Waals surface area contributed by atoms with Crippen molar-refractivity contribution in [3.63, 3.8) is 0 Å². The van der Waals surface area contributed by atoms with Crippen LogP contribution in [0, 0.1) is 0 Å². The molecule has 0 heterocycles. The quantitative estimate of drug-likeness (QED) is 0.0261. The first kappa shape index (κ1) is 72.1. The minimum atomic E-state index is -0.767. The van der Waals surface area contributed by atoms with Gasteiger partial charge in [-0.25, -0.2) is 0 Å². The SMILES string of the molecule is CC/C=C\C/C=C\C/C=C\C/C=C\C/C=C\CCCCCCCCCCCCCCCCCCCC(=O)OCC(COC(=O)CCCCCCCCCCC)OC(=O)CCCCCCCCCCCCCCCCC. The summed E-state index contributed by atoms with van der Waals surface area (Å²) < 4.78 is 16.9. The molecule has 436 valence electrons. The largest absolute Gasteiger partial charge is 0.462 e. The molecule has 0 saturated heterocycles. The molecule has 6 nitrogen and oxygen atoms in total. The highest BCUT2D eigenvalue weighted by atomic mass is 16.6. The van der Waals surface area contributed by atoms with E-state index in [-0.39, 0.29) is 31.1 Å². The fraction of sp³-hybridized carbons (Fsp3) is 0.812. The lowest BCUT2D eigenvalue weighted by Gasteiger charge is -2.18. The Labute approximate surface area is 466 Å². The van der Waals surface area contributed by atoms with Crippen molar-refractivity contribution in [1.29, 1.82) is 0 Å². The minimum Gasteiger partial charge on any atom is -0.462 e. The average Bonchev–Trinajstić information content (AvgIpc) is 3.41. The Bertz CT molecular complexity index is 1340. The summed E-state index contributed by atoms with van der Waals surface area (Å²) in [7, 11) is 0. The summed E-state index contributed by atoms with van der Waals surface area (Å²) in [6, 6.07) is 0. The summed E-state index contributed by atoms with van der Waals surface area (Å²) in [5.74, 6) is -0.849. The molecule has 0 aliphatic carbocycles. The molecule has 0 aromatic carbocycles. The van der Waals surface area contributed by atoms with Crippen LogP contribution in [0.3, 0.4) is 0 Å². The van der Waals surface area contributed by atoms with Gasteiger partial charge in [-0.3, -0.25) is 14.4 Å². The predicted molar refractivity (Wildman–Crippen MR) is 325 cm³/mol. The molecule has 0 fully saturated rings. The normalized spacial score (nSPS) is 12.4. The second-order valence-corrected chi connectivity index (χ2v) is 22.0. The lowest BCUT2D eigenvalue weighted by molar-refractivity contribution is -0.167. The van der Waals surface area contributed by atoms with E-state index in [9.17, 15) is 14.4 Å². The molecule has 0 saturated carbocycles. The zero-order valence-corrected chi connectivity index (χ0v) is 50.1. The van der Waals surface area contributed by atoms with Gasteiger partial charge in [0.05, 0.1) is 0 Å². The van der Waals surface area contributed by atoms with Crippen LogP contribution >= 0.6 is 0 Å². The van der Waals surface area contributed by atoms with Gasteiger partial charge < -0.3 is 14.2 Å². The third-order valence-corrected chi connectivity index (χ3v) is 14.5. The lowest BCUT2D eigenvalue weighted by atomic mass is 10.0. The van der Waals surface area contributed by atoms with E-state index in [1.807, 2.05) is 0 Å². The molecule has 75 heavy (non-hydrogen) atoms. The maximum Gasteiger partial charge on any atom is 0.306 e. The molecular weight excluding hydrogens is 925 g/mol. The van der Waals surface area contributed by atoms with Crippen LogP contribution in [0.4, 0.5) is 0 Å². The van der Waals surface area contributed by atoms with E-state index in [1.54, 1.807) is 0 Å². The van der Waals surface area contributed by atoms with E-state index in [2.05, 4.69) is 81.5 Å². The Kier molecular flexibility index (Phi) is 61.2. The number of ether oxygens (including phenoxy) is 3. The molecular formula is C69H124O6. The molecule has 0 bridgehead atoms. The van der Waals surface area contributed by atoms with Crippen LogP contribution in [0.1, 0.15) is 342 Å². The van der Waals surface area contributed by atoms with Crippen LogP contribution < -0.4 is 0 Å². The first-order valence-corrected chi connectivity index (χ1v) is 32.8. The number of allylic oxidation sites excluding steroid dienone is 10.